The Balaban J connectivity index is 2.41. The van der Waals surface area contributed by atoms with E-state index in [0.29, 0.717) is 0 Å². The van der Waals surface area contributed by atoms with Crippen LogP contribution in [0.3, 0.4) is 0 Å². The minimum Gasteiger partial charge on any atom is -0.344 e. The lowest BCUT2D eigenvalue weighted by molar-refractivity contribution is 0.517. The summed E-state index contributed by atoms with van der Waals surface area (Å²) in [6.07, 6.45) is 14.4. The molecule has 2 aliphatic rings. The Morgan fingerprint density at radius 2 is 2.25 bits per heavy atom. The van der Waals surface area contributed by atoms with Gasteiger partial charge in [0, 0.05) is 18.4 Å². The number of hydrogen-bond donors (Lipinski definition) is 0. The largest absolute Gasteiger partial charge is 0.344 e. The molecule has 0 aromatic heterocycles. The van der Waals surface area contributed by atoms with Gasteiger partial charge in [-0.3, -0.25) is 0 Å². The SMILES string of the molecule is C=CC1=CC=CN2CC=CC=C12. The maximum Gasteiger partial charge on any atom is 0.0482 e. The molecular weight excluding hydrogens is 146 g/mol. The van der Waals surface area contributed by atoms with Crippen molar-refractivity contribution in [2.24, 2.45) is 0 Å². The minimum absolute atomic E-state index is 0.966. The van der Waals surface area contributed by atoms with Gasteiger partial charge in [0.05, 0.1) is 0 Å². The van der Waals surface area contributed by atoms with Crippen LogP contribution in [0.1, 0.15) is 0 Å². The summed E-state index contributed by atoms with van der Waals surface area (Å²) in [7, 11) is 0. The predicted octanol–water partition coefficient (Wildman–Crippen LogP) is 2.38. The zero-order chi connectivity index (χ0) is 8.39. The van der Waals surface area contributed by atoms with Crippen molar-refractivity contribution in [1.29, 1.82) is 0 Å². The van der Waals surface area contributed by atoms with Crippen molar-refractivity contribution in [2.45, 2.75) is 0 Å². The molecule has 2 aliphatic heterocycles. The van der Waals surface area contributed by atoms with E-state index in [-0.39, 0.29) is 0 Å². The van der Waals surface area contributed by atoms with Crippen LogP contribution in [0, 0.1) is 0 Å². The van der Waals surface area contributed by atoms with E-state index >= 15 is 0 Å². The number of fused-ring (bicyclic) bond motifs is 1. The second-order valence-corrected chi connectivity index (χ2v) is 2.80. The van der Waals surface area contributed by atoms with Crippen LogP contribution in [-0.4, -0.2) is 11.4 Å². The van der Waals surface area contributed by atoms with E-state index in [1.54, 1.807) is 0 Å². The molecule has 0 radical (unpaired) electrons. The Bertz CT molecular complexity index is 316. The second-order valence-electron chi connectivity index (χ2n) is 2.80. The summed E-state index contributed by atoms with van der Waals surface area (Å²) in [5.41, 5.74) is 2.44. The van der Waals surface area contributed by atoms with E-state index in [4.69, 9.17) is 0 Å². The molecule has 0 aromatic carbocycles. The highest BCUT2D eigenvalue weighted by Crippen LogP contribution is 2.23. The topological polar surface area (TPSA) is 3.24 Å². The fourth-order valence-corrected chi connectivity index (χ4v) is 1.44. The first-order valence-electron chi connectivity index (χ1n) is 4.06. The molecule has 2 heterocycles. The standard InChI is InChI=1S/C11H11N/c1-2-10-6-5-9-12-8-4-3-7-11(10)12/h2-7,9H,1,8H2. The average molecular weight is 157 g/mol. The molecule has 0 saturated heterocycles. The Labute approximate surface area is 72.7 Å². The Kier molecular flexibility index (Phi) is 1.71. The van der Waals surface area contributed by atoms with Crippen LogP contribution in [0.15, 0.2) is 60.5 Å². The van der Waals surface area contributed by atoms with Crippen LogP contribution >= 0.6 is 0 Å². The summed E-state index contributed by atoms with van der Waals surface area (Å²) >= 11 is 0. The van der Waals surface area contributed by atoms with Crippen molar-refractivity contribution in [3.63, 3.8) is 0 Å². The van der Waals surface area contributed by atoms with Gasteiger partial charge in [-0.05, 0) is 17.7 Å². The lowest BCUT2D eigenvalue weighted by Crippen LogP contribution is -2.21. The summed E-state index contributed by atoms with van der Waals surface area (Å²) in [5.74, 6) is 0. The van der Waals surface area contributed by atoms with Crippen LogP contribution in [0.5, 0.6) is 0 Å². The maximum absolute atomic E-state index is 3.78. The molecule has 0 aliphatic carbocycles. The molecule has 0 aromatic rings. The molecule has 60 valence electrons. The molecule has 0 amide bonds. The van der Waals surface area contributed by atoms with Crippen LogP contribution in [-0.2, 0) is 0 Å². The summed E-state index contributed by atoms with van der Waals surface area (Å²) < 4.78 is 0. The highest BCUT2D eigenvalue weighted by atomic mass is 15.1. The molecule has 0 fully saturated rings. The van der Waals surface area contributed by atoms with Gasteiger partial charge < -0.3 is 4.90 Å². The Morgan fingerprint density at radius 3 is 3.08 bits per heavy atom. The zero-order valence-electron chi connectivity index (χ0n) is 6.90. The highest BCUT2D eigenvalue weighted by Gasteiger charge is 2.12. The number of allylic oxidation sites excluding steroid dienone is 5. The molecule has 12 heavy (non-hydrogen) atoms. The quantitative estimate of drug-likeness (QED) is 0.565. The molecule has 1 heteroatoms. The summed E-state index contributed by atoms with van der Waals surface area (Å²) in [4.78, 5) is 2.21. The lowest BCUT2D eigenvalue weighted by atomic mass is 10.1. The third kappa shape index (κ3) is 1.03. The first kappa shape index (κ1) is 7.17. The van der Waals surface area contributed by atoms with E-state index in [0.717, 1.165) is 6.54 Å². The molecule has 0 N–H and O–H groups in total. The van der Waals surface area contributed by atoms with Gasteiger partial charge in [-0.1, -0.05) is 30.9 Å². The average Bonchev–Trinajstić information content (AvgIpc) is 2.17. The van der Waals surface area contributed by atoms with Gasteiger partial charge in [-0.2, -0.15) is 0 Å². The van der Waals surface area contributed by atoms with Gasteiger partial charge in [-0.15, -0.1) is 0 Å². The van der Waals surface area contributed by atoms with E-state index in [1.807, 2.05) is 12.2 Å². The first-order valence-corrected chi connectivity index (χ1v) is 4.06. The van der Waals surface area contributed by atoms with Crippen LogP contribution in [0.25, 0.3) is 0 Å². The molecule has 1 nitrogen and oxygen atoms in total. The molecule has 0 bridgehead atoms. The third-order valence-corrected chi connectivity index (χ3v) is 2.06. The summed E-state index contributed by atoms with van der Waals surface area (Å²) in [6.45, 7) is 4.75. The summed E-state index contributed by atoms with van der Waals surface area (Å²) in [5, 5.41) is 0. The van der Waals surface area contributed by atoms with Crippen molar-refractivity contribution >= 4 is 0 Å². The first-order chi connectivity index (χ1) is 5.92. The number of nitrogens with zero attached hydrogens (tertiary/aromatic N) is 1. The number of hydrogen-bond acceptors (Lipinski definition) is 1. The van der Waals surface area contributed by atoms with Crippen molar-refractivity contribution in [3.8, 4) is 0 Å². The van der Waals surface area contributed by atoms with Gasteiger partial charge >= 0.3 is 0 Å². The normalized spacial score (nSPS) is 19.8. The van der Waals surface area contributed by atoms with Crippen molar-refractivity contribution in [3.05, 3.63) is 60.5 Å². The van der Waals surface area contributed by atoms with Crippen molar-refractivity contribution < 1.29 is 0 Å². The molecular formula is C11H11N. The van der Waals surface area contributed by atoms with E-state index in [2.05, 4.69) is 42.0 Å². The van der Waals surface area contributed by atoms with Crippen molar-refractivity contribution in [2.75, 3.05) is 6.54 Å². The van der Waals surface area contributed by atoms with E-state index in [1.165, 1.54) is 11.3 Å². The lowest BCUT2D eigenvalue weighted by Gasteiger charge is -2.27. The zero-order valence-corrected chi connectivity index (χ0v) is 6.90. The molecule has 0 spiro atoms. The monoisotopic (exact) mass is 157 g/mol. The smallest absolute Gasteiger partial charge is 0.0482 e. The van der Waals surface area contributed by atoms with Crippen molar-refractivity contribution in [1.82, 2.24) is 4.90 Å². The molecule has 2 rings (SSSR count). The third-order valence-electron chi connectivity index (χ3n) is 2.06. The van der Waals surface area contributed by atoms with Gasteiger partial charge in [0.15, 0.2) is 0 Å². The summed E-state index contributed by atoms with van der Waals surface area (Å²) in [6, 6.07) is 0. The molecule has 0 atom stereocenters. The minimum atomic E-state index is 0.966. The van der Waals surface area contributed by atoms with Gasteiger partial charge in [0.25, 0.3) is 0 Å². The molecule has 0 unspecified atom stereocenters. The maximum atomic E-state index is 3.78. The fourth-order valence-electron chi connectivity index (χ4n) is 1.44. The van der Waals surface area contributed by atoms with E-state index in [9.17, 15) is 0 Å². The van der Waals surface area contributed by atoms with Crippen LogP contribution in [0.4, 0.5) is 0 Å². The second kappa shape index (κ2) is 2.86. The molecule has 0 saturated carbocycles. The van der Waals surface area contributed by atoms with Gasteiger partial charge in [-0.25, -0.2) is 0 Å². The van der Waals surface area contributed by atoms with E-state index < -0.39 is 0 Å². The Hall–Kier alpha value is -1.50. The van der Waals surface area contributed by atoms with Crippen LogP contribution in [0.2, 0.25) is 0 Å². The van der Waals surface area contributed by atoms with Gasteiger partial charge in [0.1, 0.15) is 0 Å². The number of rotatable bonds is 1. The predicted molar refractivity (Wildman–Crippen MR) is 51.3 cm³/mol. The van der Waals surface area contributed by atoms with Crippen LogP contribution < -0.4 is 0 Å². The van der Waals surface area contributed by atoms with Gasteiger partial charge in [0.2, 0.25) is 0 Å². The Morgan fingerprint density at radius 1 is 1.33 bits per heavy atom. The fraction of sp³-hybridized carbons (Fsp3) is 0.0909. The highest BCUT2D eigenvalue weighted by molar-refractivity contribution is 5.46.